The van der Waals surface area contributed by atoms with E-state index in [1.54, 1.807) is 0 Å². The molecule has 4 heteroatoms. The fourth-order valence-electron chi connectivity index (χ4n) is 4.50. The maximum absolute atomic E-state index is 12.1. The molecule has 0 aromatic heterocycles. The van der Waals surface area contributed by atoms with E-state index in [9.17, 15) is 4.79 Å². The summed E-state index contributed by atoms with van der Waals surface area (Å²) in [5, 5.41) is 0. The van der Waals surface area contributed by atoms with Gasteiger partial charge in [-0.2, -0.15) is 0 Å². The highest BCUT2D eigenvalue weighted by Crippen LogP contribution is 2.16. The topological polar surface area (TPSA) is 35.5 Å². The predicted molar refractivity (Wildman–Crippen MR) is 150 cm³/mol. The molecule has 0 spiro atoms. The first-order valence-corrected chi connectivity index (χ1v) is 14.2. The van der Waals surface area contributed by atoms with Crippen LogP contribution in [0.1, 0.15) is 88.7 Å². The third-order valence-electron chi connectivity index (χ3n) is 6.66. The molecule has 2 rings (SSSR count). The van der Waals surface area contributed by atoms with E-state index < -0.39 is 0 Å². The zero-order valence-corrected chi connectivity index (χ0v) is 23.2. The van der Waals surface area contributed by atoms with Gasteiger partial charge in [0.05, 0.1) is 40.3 Å². The molecule has 0 unspecified atom stereocenters. The van der Waals surface area contributed by atoms with Gasteiger partial charge in [0.1, 0.15) is 12.3 Å². The van der Waals surface area contributed by atoms with Gasteiger partial charge in [-0.3, -0.25) is 4.79 Å². The van der Waals surface area contributed by atoms with E-state index in [1.165, 1.54) is 56.1 Å². The van der Waals surface area contributed by atoms with Gasteiger partial charge in [-0.15, -0.1) is 0 Å². The predicted octanol–water partition coefficient (Wildman–Crippen LogP) is 7.74. The third kappa shape index (κ3) is 14.3. The van der Waals surface area contributed by atoms with Crippen molar-refractivity contribution in [3.63, 3.8) is 0 Å². The van der Waals surface area contributed by atoms with Gasteiger partial charge in [0, 0.05) is 12.0 Å². The molecule has 0 heterocycles. The summed E-state index contributed by atoms with van der Waals surface area (Å²) in [5.74, 6) is 0.832. The summed E-state index contributed by atoms with van der Waals surface area (Å²) < 4.78 is 12.1. The number of hydrogen-bond acceptors (Lipinski definition) is 3. The van der Waals surface area contributed by atoms with E-state index in [2.05, 4.69) is 69.6 Å². The Balaban J connectivity index is 1.46. The van der Waals surface area contributed by atoms with Crippen molar-refractivity contribution in [2.24, 2.45) is 0 Å². The Kier molecular flexibility index (Phi) is 14.9. The van der Waals surface area contributed by atoms with Crippen molar-refractivity contribution in [1.29, 1.82) is 0 Å². The van der Waals surface area contributed by atoms with Gasteiger partial charge in [0.2, 0.25) is 0 Å². The minimum absolute atomic E-state index is 0.0906. The maximum Gasteiger partial charge on any atom is 0.306 e. The molecule has 36 heavy (non-hydrogen) atoms. The molecular weight excluding hydrogens is 446 g/mol. The first-order valence-electron chi connectivity index (χ1n) is 14.2. The summed E-state index contributed by atoms with van der Waals surface area (Å²) in [5.41, 5.74) is 2.72. The van der Waals surface area contributed by atoms with Crippen LogP contribution in [0.5, 0.6) is 5.75 Å². The molecule has 0 aliphatic rings. The van der Waals surface area contributed by atoms with Crippen LogP contribution in [0, 0.1) is 0 Å². The molecule has 0 fully saturated rings. The van der Waals surface area contributed by atoms with Crippen LogP contribution in [0.2, 0.25) is 0 Å². The number of hydrogen-bond donors (Lipinski definition) is 0. The highest BCUT2D eigenvalue weighted by Gasteiger charge is 2.16. The standard InChI is InChI=1S/C32H50NO3/c1-4-5-6-7-8-9-11-17-29-21-23-31(24-22-29)35-26-14-15-27-36-32(34)20-16-25-33(2,3)28-30-18-12-10-13-19-30/h10,12-13,18-19,21-24H,4-9,11,14-17,20,25-28H2,1-3H3/q+1. The molecule has 4 nitrogen and oxygen atoms in total. The average Bonchev–Trinajstić information content (AvgIpc) is 2.86. The van der Waals surface area contributed by atoms with Crippen LogP contribution >= 0.6 is 0 Å². The molecular formula is C32H50NO3+. The van der Waals surface area contributed by atoms with Crippen molar-refractivity contribution in [3.8, 4) is 5.75 Å². The van der Waals surface area contributed by atoms with Gasteiger partial charge in [-0.1, -0.05) is 87.9 Å². The van der Waals surface area contributed by atoms with Gasteiger partial charge in [0.15, 0.2) is 0 Å². The van der Waals surface area contributed by atoms with Gasteiger partial charge in [0.25, 0.3) is 0 Å². The van der Waals surface area contributed by atoms with Crippen LogP contribution in [0.25, 0.3) is 0 Å². The third-order valence-corrected chi connectivity index (χ3v) is 6.66. The van der Waals surface area contributed by atoms with Gasteiger partial charge >= 0.3 is 5.97 Å². The summed E-state index contributed by atoms with van der Waals surface area (Å²) in [6.45, 7) is 5.32. The molecule has 0 bridgehead atoms. The van der Waals surface area contributed by atoms with E-state index in [-0.39, 0.29) is 5.97 Å². The molecule has 0 radical (unpaired) electrons. The van der Waals surface area contributed by atoms with E-state index in [1.807, 2.05) is 6.07 Å². The lowest BCUT2D eigenvalue weighted by Crippen LogP contribution is -2.39. The number of carbonyl (C=O) groups is 1. The summed E-state index contributed by atoms with van der Waals surface area (Å²) >= 11 is 0. The Morgan fingerprint density at radius 3 is 2.11 bits per heavy atom. The Bertz CT molecular complexity index is 817. The van der Waals surface area contributed by atoms with Crippen molar-refractivity contribution in [3.05, 3.63) is 65.7 Å². The Labute approximate surface area is 220 Å². The van der Waals surface area contributed by atoms with E-state index in [0.29, 0.717) is 19.6 Å². The second-order valence-corrected chi connectivity index (χ2v) is 10.7. The second-order valence-electron chi connectivity index (χ2n) is 10.7. The molecule has 0 saturated carbocycles. The fourth-order valence-corrected chi connectivity index (χ4v) is 4.50. The van der Waals surface area contributed by atoms with Crippen molar-refractivity contribution < 1.29 is 18.8 Å². The molecule has 2 aromatic carbocycles. The second kappa shape index (κ2) is 18.0. The van der Waals surface area contributed by atoms with Crippen molar-refractivity contribution in [1.82, 2.24) is 0 Å². The molecule has 0 N–H and O–H groups in total. The van der Waals surface area contributed by atoms with Crippen molar-refractivity contribution in [2.45, 2.75) is 90.5 Å². The molecule has 0 atom stereocenters. The normalized spacial score (nSPS) is 11.4. The number of quaternary nitrogens is 1. The number of ether oxygens (including phenoxy) is 2. The van der Waals surface area contributed by atoms with Crippen molar-refractivity contribution >= 4 is 5.97 Å². The van der Waals surface area contributed by atoms with E-state index >= 15 is 0 Å². The molecule has 2 aromatic rings. The summed E-state index contributed by atoms with van der Waals surface area (Å²) in [6, 6.07) is 19.0. The van der Waals surface area contributed by atoms with Crippen LogP contribution in [0.3, 0.4) is 0 Å². The van der Waals surface area contributed by atoms with E-state index in [4.69, 9.17) is 9.47 Å². The minimum atomic E-state index is -0.0906. The molecule has 200 valence electrons. The number of rotatable bonds is 20. The lowest BCUT2D eigenvalue weighted by atomic mass is 10.0. The lowest BCUT2D eigenvalue weighted by molar-refractivity contribution is -0.903. The van der Waals surface area contributed by atoms with Crippen LogP contribution in [0.4, 0.5) is 0 Å². The fraction of sp³-hybridized carbons (Fsp3) is 0.594. The van der Waals surface area contributed by atoms with Crippen LogP contribution < -0.4 is 4.74 Å². The zero-order chi connectivity index (χ0) is 25.9. The summed E-state index contributed by atoms with van der Waals surface area (Å²) in [4.78, 5) is 12.1. The average molecular weight is 497 g/mol. The summed E-state index contributed by atoms with van der Waals surface area (Å²) in [7, 11) is 4.42. The Morgan fingerprint density at radius 2 is 1.39 bits per heavy atom. The summed E-state index contributed by atoms with van der Waals surface area (Å²) in [6.07, 6.45) is 13.6. The number of esters is 1. The SMILES string of the molecule is CCCCCCCCCc1ccc(OCCCCOC(=O)CCC[N+](C)(C)Cc2ccccc2)cc1. The number of nitrogens with zero attached hydrogens (tertiary/aromatic N) is 1. The molecule has 0 aliphatic carbocycles. The number of carbonyl (C=O) groups excluding carboxylic acids is 1. The number of aryl methyl sites for hydroxylation is 1. The Hall–Kier alpha value is -2.33. The highest BCUT2D eigenvalue weighted by molar-refractivity contribution is 5.69. The monoisotopic (exact) mass is 496 g/mol. The number of benzene rings is 2. The van der Waals surface area contributed by atoms with Crippen LogP contribution in [0.15, 0.2) is 54.6 Å². The van der Waals surface area contributed by atoms with E-state index in [0.717, 1.165) is 49.0 Å². The van der Waals surface area contributed by atoms with Gasteiger partial charge in [-0.25, -0.2) is 0 Å². The largest absolute Gasteiger partial charge is 0.494 e. The van der Waals surface area contributed by atoms with Gasteiger partial charge in [-0.05, 0) is 43.4 Å². The van der Waals surface area contributed by atoms with Crippen molar-refractivity contribution in [2.75, 3.05) is 33.9 Å². The first kappa shape index (κ1) is 29.9. The smallest absolute Gasteiger partial charge is 0.306 e. The maximum atomic E-state index is 12.1. The first-order chi connectivity index (χ1) is 17.5. The van der Waals surface area contributed by atoms with Crippen LogP contribution in [-0.4, -0.2) is 44.3 Å². The number of unbranched alkanes of at least 4 members (excludes halogenated alkanes) is 7. The van der Waals surface area contributed by atoms with Crippen LogP contribution in [-0.2, 0) is 22.5 Å². The molecule has 0 saturated heterocycles. The minimum Gasteiger partial charge on any atom is -0.494 e. The quantitative estimate of drug-likeness (QED) is 0.107. The lowest BCUT2D eigenvalue weighted by Gasteiger charge is -2.29. The molecule has 0 aliphatic heterocycles. The zero-order valence-electron chi connectivity index (χ0n) is 23.2. The molecule has 0 amide bonds. The van der Waals surface area contributed by atoms with Gasteiger partial charge < -0.3 is 14.0 Å². The Morgan fingerprint density at radius 1 is 0.722 bits per heavy atom. The highest BCUT2D eigenvalue weighted by atomic mass is 16.5.